The lowest BCUT2D eigenvalue weighted by Crippen LogP contribution is -2.46. The topological polar surface area (TPSA) is 127 Å². The molecule has 2 aliphatic heterocycles. The number of nitrogens with one attached hydrogen (secondary N) is 1. The van der Waals surface area contributed by atoms with Crippen molar-refractivity contribution in [1.29, 1.82) is 0 Å². The third-order valence-electron chi connectivity index (χ3n) is 6.75. The van der Waals surface area contributed by atoms with Crippen LogP contribution in [0.1, 0.15) is 18.5 Å². The minimum Gasteiger partial charge on any atom is -0.465 e. The largest absolute Gasteiger partial charge is 0.465 e. The third kappa shape index (κ3) is 4.51. The van der Waals surface area contributed by atoms with Crippen LogP contribution in [0.5, 0.6) is 0 Å². The van der Waals surface area contributed by atoms with Crippen molar-refractivity contribution in [3.8, 4) is 11.4 Å². The lowest BCUT2D eigenvalue weighted by atomic mass is 10.00. The summed E-state index contributed by atoms with van der Waals surface area (Å²) in [6.45, 7) is 3.60. The van der Waals surface area contributed by atoms with Gasteiger partial charge in [-0.05, 0) is 24.6 Å². The molecule has 13 heteroatoms. The van der Waals surface area contributed by atoms with Crippen molar-refractivity contribution in [2.24, 2.45) is 5.92 Å². The first kappa shape index (κ1) is 23.4. The van der Waals surface area contributed by atoms with Crippen LogP contribution in [-0.2, 0) is 9.47 Å². The average Bonchev–Trinajstić information content (AvgIpc) is 3.57. The number of nitrogens with zero attached hydrogens (tertiary/aromatic N) is 6. The van der Waals surface area contributed by atoms with Crippen LogP contribution in [0.15, 0.2) is 36.8 Å². The van der Waals surface area contributed by atoms with E-state index >= 15 is 0 Å². The van der Waals surface area contributed by atoms with Gasteiger partial charge < -0.3 is 19.5 Å². The molecule has 2 N–H and O–H groups in total. The van der Waals surface area contributed by atoms with E-state index in [-0.39, 0.29) is 23.1 Å². The Balaban J connectivity index is 1.36. The first-order valence-electron chi connectivity index (χ1n) is 11.8. The monoisotopic (exact) mass is 511 g/mol. The zero-order valence-electron chi connectivity index (χ0n) is 19.5. The molecule has 0 aliphatic carbocycles. The number of hydrogen-bond donors (Lipinski definition) is 2. The molecule has 2 aliphatic rings. The van der Waals surface area contributed by atoms with Crippen molar-refractivity contribution >= 4 is 34.0 Å². The number of halogens is 2. The second-order valence-electron chi connectivity index (χ2n) is 9.01. The zero-order valence-corrected chi connectivity index (χ0v) is 19.5. The first-order chi connectivity index (χ1) is 18.0. The van der Waals surface area contributed by atoms with Crippen molar-refractivity contribution < 1.29 is 28.2 Å². The van der Waals surface area contributed by atoms with E-state index in [4.69, 9.17) is 14.6 Å². The molecule has 4 aromatic heterocycles. The third-order valence-corrected chi connectivity index (χ3v) is 6.75. The Morgan fingerprint density at radius 3 is 2.86 bits per heavy atom. The Labute approximate surface area is 209 Å². The summed E-state index contributed by atoms with van der Waals surface area (Å²) in [7, 11) is 0. The van der Waals surface area contributed by atoms with E-state index in [0.29, 0.717) is 29.1 Å². The Morgan fingerprint density at radius 1 is 1.19 bits per heavy atom. The molecule has 11 nitrogen and oxygen atoms in total. The lowest BCUT2D eigenvalue weighted by Gasteiger charge is -2.36. The van der Waals surface area contributed by atoms with E-state index < -0.39 is 18.2 Å². The predicted octanol–water partition coefficient (Wildman–Crippen LogP) is 3.61. The molecule has 0 unspecified atom stereocenters. The number of aromatic nitrogens is 5. The molecule has 0 spiro atoms. The quantitative estimate of drug-likeness (QED) is 0.413. The molecule has 1 amide bonds. The van der Waals surface area contributed by atoms with Crippen molar-refractivity contribution in [3.63, 3.8) is 0 Å². The SMILES string of the molecule is O=C(O)Nc1cc2c(-c3nc4ccc(N5CCO[C@H]([C@H]6CCOC6)C5)cn4n3)cnc(C(F)F)c2cn1. The fourth-order valence-electron chi connectivity index (χ4n) is 4.90. The van der Waals surface area contributed by atoms with Gasteiger partial charge in [0, 0.05) is 54.3 Å². The maximum Gasteiger partial charge on any atom is 0.410 e. The summed E-state index contributed by atoms with van der Waals surface area (Å²) in [5, 5.41) is 16.2. The highest BCUT2D eigenvalue weighted by atomic mass is 19.3. The standard InChI is InChI=1S/C24H23F2N7O4/c25-22(26)21-16-8-27-19(29-24(34)35)7-15(16)17(9-28-21)23-30-20-2-1-14(10-33(20)31-23)32-4-6-37-18(11-32)13-3-5-36-12-13/h1-2,7-10,13,18,22H,3-6,11-12H2,(H,27,29)(H,34,35)/t13-,18-/m0/s1. The number of fused-ring (bicyclic) bond motifs is 2. The van der Waals surface area contributed by atoms with Gasteiger partial charge in [-0.25, -0.2) is 28.1 Å². The minimum atomic E-state index is -2.83. The summed E-state index contributed by atoms with van der Waals surface area (Å²) < 4.78 is 40.4. The molecule has 37 heavy (non-hydrogen) atoms. The summed E-state index contributed by atoms with van der Waals surface area (Å²) in [5.74, 6) is 0.649. The van der Waals surface area contributed by atoms with Gasteiger partial charge in [-0.2, -0.15) is 0 Å². The van der Waals surface area contributed by atoms with Gasteiger partial charge in [-0.15, -0.1) is 5.10 Å². The first-order valence-corrected chi connectivity index (χ1v) is 11.8. The van der Waals surface area contributed by atoms with Crippen LogP contribution >= 0.6 is 0 Å². The number of hydrogen-bond acceptors (Lipinski definition) is 8. The van der Waals surface area contributed by atoms with Gasteiger partial charge in [0.15, 0.2) is 11.5 Å². The van der Waals surface area contributed by atoms with E-state index in [1.165, 1.54) is 18.5 Å². The molecular formula is C24H23F2N7O4. The number of anilines is 2. The highest BCUT2D eigenvalue weighted by Crippen LogP contribution is 2.33. The average molecular weight is 511 g/mol. The highest BCUT2D eigenvalue weighted by Gasteiger charge is 2.31. The van der Waals surface area contributed by atoms with Gasteiger partial charge in [-0.3, -0.25) is 10.3 Å². The van der Waals surface area contributed by atoms with Crippen LogP contribution in [0.2, 0.25) is 0 Å². The Bertz CT molecular complexity index is 1470. The molecule has 6 rings (SSSR count). The number of carboxylic acid groups (broad SMARTS) is 1. The molecular weight excluding hydrogens is 488 g/mol. The number of morpholine rings is 1. The van der Waals surface area contributed by atoms with E-state index in [1.54, 1.807) is 4.52 Å². The summed E-state index contributed by atoms with van der Waals surface area (Å²) in [5.41, 5.74) is 1.46. The van der Waals surface area contributed by atoms with Gasteiger partial charge >= 0.3 is 6.09 Å². The molecule has 6 heterocycles. The summed E-state index contributed by atoms with van der Waals surface area (Å²) in [6.07, 6.45) is 1.28. The van der Waals surface area contributed by atoms with E-state index in [1.807, 2.05) is 18.3 Å². The number of pyridine rings is 3. The number of carbonyl (C=O) groups is 1. The van der Waals surface area contributed by atoms with E-state index in [2.05, 4.69) is 30.3 Å². The number of rotatable bonds is 5. The molecule has 0 radical (unpaired) electrons. The molecule has 0 bridgehead atoms. The summed E-state index contributed by atoms with van der Waals surface area (Å²) >= 11 is 0. The lowest BCUT2D eigenvalue weighted by molar-refractivity contribution is -0.00127. The molecule has 0 aromatic carbocycles. The smallest absolute Gasteiger partial charge is 0.410 e. The van der Waals surface area contributed by atoms with Crippen LogP contribution in [0.25, 0.3) is 27.8 Å². The van der Waals surface area contributed by atoms with Crippen LogP contribution in [-0.4, -0.2) is 74.8 Å². The van der Waals surface area contributed by atoms with Crippen LogP contribution < -0.4 is 10.2 Å². The Kier molecular flexibility index (Phi) is 6.00. The maximum atomic E-state index is 13.6. The second kappa shape index (κ2) is 9.48. The zero-order chi connectivity index (χ0) is 25.5. The van der Waals surface area contributed by atoms with E-state index in [9.17, 15) is 13.6 Å². The number of amides is 1. The molecule has 0 saturated carbocycles. The van der Waals surface area contributed by atoms with Gasteiger partial charge in [0.2, 0.25) is 0 Å². The Morgan fingerprint density at radius 2 is 2.08 bits per heavy atom. The van der Waals surface area contributed by atoms with Gasteiger partial charge in [0.25, 0.3) is 6.43 Å². The Hall–Kier alpha value is -3.97. The van der Waals surface area contributed by atoms with Gasteiger partial charge in [0.1, 0.15) is 11.5 Å². The molecule has 2 fully saturated rings. The van der Waals surface area contributed by atoms with Gasteiger partial charge in [0.05, 0.1) is 31.2 Å². The second-order valence-corrected chi connectivity index (χ2v) is 9.01. The maximum absolute atomic E-state index is 13.6. The van der Waals surface area contributed by atoms with Crippen molar-refractivity contribution in [1.82, 2.24) is 24.6 Å². The molecule has 192 valence electrons. The number of alkyl halides is 2. The summed E-state index contributed by atoms with van der Waals surface area (Å²) in [6, 6.07) is 5.19. The van der Waals surface area contributed by atoms with Crippen molar-refractivity contribution in [2.75, 3.05) is 43.1 Å². The molecule has 2 atom stereocenters. The number of ether oxygens (including phenoxy) is 2. The van der Waals surface area contributed by atoms with Crippen LogP contribution in [0.4, 0.5) is 25.1 Å². The predicted molar refractivity (Wildman–Crippen MR) is 129 cm³/mol. The summed E-state index contributed by atoms with van der Waals surface area (Å²) in [4.78, 5) is 25.8. The molecule has 4 aromatic rings. The van der Waals surface area contributed by atoms with Crippen LogP contribution in [0, 0.1) is 5.92 Å². The van der Waals surface area contributed by atoms with E-state index in [0.717, 1.165) is 38.4 Å². The molecule has 2 saturated heterocycles. The van der Waals surface area contributed by atoms with Gasteiger partial charge in [-0.1, -0.05) is 0 Å². The fourth-order valence-corrected chi connectivity index (χ4v) is 4.90. The van der Waals surface area contributed by atoms with Crippen molar-refractivity contribution in [3.05, 3.63) is 42.5 Å². The van der Waals surface area contributed by atoms with Crippen molar-refractivity contribution in [2.45, 2.75) is 19.0 Å². The highest BCUT2D eigenvalue weighted by molar-refractivity contribution is 5.98. The fraction of sp³-hybridized carbons (Fsp3) is 0.375. The van der Waals surface area contributed by atoms with Crippen LogP contribution in [0.3, 0.4) is 0 Å². The minimum absolute atomic E-state index is 0.00625. The normalized spacial score (nSPS) is 20.2.